The van der Waals surface area contributed by atoms with Gasteiger partial charge >= 0.3 is 0 Å². The number of nitrogens with one attached hydrogen (secondary N) is 1. The molecule has 1 aliphatic rings. The first-order valence-electron chi connectivity index (χ1n) is 7.24. The predicted octanol–water partition coefficient (Wildman–Crippen LogP) is 2.96. The normalized spacial score (nSPS) is 24.9. The maximum atomic E-state index is 5.93. The quantitative estimate of drug-likeness (QED) is 0.633. The molecule has 0 radical (unpaired) electrons. The van der Waals surface area contributed by atoms with Gasteiger partial charge in [0.05, 0.1) is 11.6 Å². The Morgan fingerprint density at radius 1 is 1.42 bits per heavy atom. The second-order valence-electron chi connectivity index (χ2n) is 6.21. The zero-order valence-corrected chi connectivity index (χ0v) is 12.3. The molecule has 0 amide bonds. The van der Waals surface area contributed by atoms with Crippen molar-refractivity contribution in [2.75, 3.05) is 6.61 Å². The van der Waals surface area contributed by atoms with E-state index in [1.54, 1.807) is 0 Å². The molecule has 0 spiro atoms. The average molecular weight is 262 g/mol. The van der Waals surface area contributed by atoms with Gasteiger partial charge in [0.2, 0.25) is 0 Å². The molecule has 2 rings (SSSR count). The van der Waals surface area contributed by atoms with Crippen LogP contribution in [-0.2, 0) is 11.2 Å². The lowest BCUT2D eigenvalue weighted by molar-refractivity contribution is -0.0125. The lowest BCUT2D eigenvalue weighted by Crippen LogP contribution is -2.44. The average Bonchev–Trinajstić information content (AvgIpc) is 2.77. The molecule has 2 atom stereocenters. The van der Waals surface area contributed by atoms with Crippen LogP contribution in [0.15, 0.2) is 24.3 Å². The summed E-state index contributed by atoms with van der Waals surface area (Å²) in [5, 5.41) is 0. The van der Waals surface area contributed by atoms with Crippen molar-refractivity contribution < 1.29 is 4.74 Å². The molecule has 0 aromatic heterocycles. The first-order chi connectivity index (χ1) is 9.05. The lowest BCUT2D eigenvalue weighted by atomic mass is 9.87. The fourth-order valence-corrected chi connectivity index (χ4v) is 3.02. The standard InChI is InChI=1S/C16H26N2O/c1-12(2)10-13-6-4-7-14(11-13)15(18-17)16(3)8-5-9-19-16/h4,6-7,11-12,15,18H,5,8-10,17H2,1-3H3. The molecule has 1 aromatic carbocycles. The smallest absolute Gasteiger partial charge is 0.0862 e. The molecule has 0 aliphatic carbocycles. The highest BCUT2D eigenvalue weighted by atomic mass is 16.5. The van der Waals surface area contributed by atoms with Crippen LogP contribution in [0, 0.1) is 5.92 Å². The molecule has 3 heteroatoms. The second-order valence-corrected chi connectivity index (χ2v) is 6.21. The third-order valence-corrected chi connectivity index (χ3v) is 3.95. The van der Waals surface area contributed by atoms with E-state index in [2.05, 4.69) is 50.5 Å². The molecule has 1 aromatic rings. The molecule has 1 aliphatic heterocycles. The third-order valence-electron chi connectivity index (χ3n) is 3.95. The molecule has 19 heavy (non-hydrogen) atoms. The number of rotatable bonds is 5. The van der Waals surface area contributed by atoms with Crippen LogP contribution >= 0.6 is 0 Å². The SMILES string of the molecule is CC(C)Cc1cccc(C(NN)C2(C)CCCO2)c1. The van der Waals surface area contributed by atoms with Crippen LogP contribution in [0.4, 0.5) is 0 Å². The van der Waals surface area contributed by atoms with Gasteiger partial charge in [0.25, 0.3) is 0 Å². The monoisotopic (exact) mass is 262 g/mol. The van der Waals surface area contributed by atoms with Gasteiger partial charge in [-0.2, -0.15) is 0 Å². The summed E-state index contributed by atoms with van der Waals surface area (Å²) in [5.74, 6) is 6.46. The maximum absolute atomic E-state index is 5.93. The van der Waals surface area contributed by atoms with Crippen molar-refractivity contribution in [3.05, 3.63) is 35.4 Å². The van der Waals surface area contributed by atoms with Crippen LogP contribution in [0.5, 0.6) is 0 Å². The first kappa shape index (κ1) is 14.5. The number of hydrogen-bond acceptors (Lipinski definition) is 3. The van der Waals surface area contributed by atoms with E-state index in [-0.39, 0.29) is 11.6 Å². The molecule has 3 nitrogen and oxygen atoms in total. The summed E-state index contributed by atoms with van der Waals surface area (Å²) in [6.45, 7) is 7.47. The number of benzene rings is 1. The van der Waals surface area contributed by atoms with E-state index < -0.39 is 0 Å². The lowest BCUT2D eigenvalue weighted by Gasteiger charge is -2.33. The fourth-order valence-electron chi connectivity index (χ4n) is 3.02. The van der Waals surface area contributed by atoms with Gasteiger partial charge in [-0.05, 0) is 43.2 Å². The van der Waals surface area contributed by atoms with E-state index in [4.69, 9.17) is 10.6 Å². The molecular formula is C16H26N2O. The highest BCUT2D eigenvalue weighted by molar-refractivity contribution is 5.28. The Labute approximate surface area is 116 Å². The highest BCUT2D eigenvalue weighted by Gasteiger charge is 2.38. The number of hydrazine groups is 1. The van der Waals surface area contributed by atoms with Gasteiger partial charge in [-0.15, -0.1) is 0 Å². The maximum Gasteiger partial charge on any atom is 0.0862 e. The van der Waals surface area contributed by atoms with E-state index >= 15 is 0 Å². The van der Waals surface area contributed by atoms with Gasteiger partial charge in [0, 0.05) is 6.61 Å². The van der Waals surface area contributed by atoms with Gasteiger partial charge in [-0.3, -0.25) is 11.3 Å². The molecule has 1 fully saturated rings. The van der Waals surface area contributed by atoms with Crippen molar-refractivity contribution in [1.82, 2.24) is 5.43 Å². The molecule has 1 saturated heterocycles. The van der Waals surface area contributed by atoms with Gasteiger partial charge in [-0.25, -0.2) is 0 Å². The van der Waals surface area contributed by atoms with Crippen molar-refractivity contribution in [2.45, 2.75) is 51.7 Å². The number of hydrogen-bond donors (Lipinski definition) is 2. The minimum atomic E-state index is -0.189. The van der Waals surface area contributed by atoms with Crippen LogP contribution < -0.4 is 11.3 Å². The molecule has 2 unspecified atom stereocenters. The van der Waals surface area contributed by atoms with Gasteiger partial charge < -0.3 is 4.74 Å². The Bertz CT molecular complexity index is 411. The van der Waals surface area contributed by atoms with Crippen LogP contribution in [0.3, 0.4) is 0 Å². The topological polar surface area (TPSA) is 47.3 Å². The minimum Gasteiger partial charge on any atom is -0.373 e. The van der Waals surface area contributed by atoms with Gasteiger partial charge in [-0.1, -0.05) is 38.1 Å². The Hall–Kier alpha value is -0.900. The molecule has 3 N–H and O–H groups in total. The number of ether oxygens (including phenoxy) is 1. The summed E-state index contributed by atoms with van der Waals surface area (Å²) < 4.78 is 5.93. The van der Waals surface area contributed by atoms with Crippen molar-refractivity contribution in [1.29, 1.82) is 0 Å². The third kappa shape index (κ3) is 3.35. The zero-order chi connectivity index (χ0) is 13.9. The summed E-state index contributed by atoms with van der Waals surface area (Å²) in [4.78, 5) is 0. The number of nitrogens with two attached hydrogens (primary N) is 1. The van der Waals surface area contributed by atoms with Gasteiger partial charge in [0.15, 0.2) is 0 Å². The largest absolute Gasteiger partial charge is 0.373 e. The Balaban J connectivity index is 2.23. The minimum absolute atomic E-state index is 0.0575. The highest BCUT2D eigenvalue weighted by Crippen LogP contribution is 2.37. The van der Waals surface area contributed by atoms with E-state index in [1.807, 2.05) is 0 Å². The van der Waals surface area contributed by atoms with Crippen molar-refractivity contribution in [2.24, 2.45) is 11.8 Å². The van der Waals surface area contributed by atoms with Crippen molar-refractivity contribution in [3.63, 3.8) is 0 Å². The van der Waals surface area contributed by atoms with Crippen LogP contribution in [0.25, 0.3) is 0 Å². The Kier molecular flexibility index (Phi) is 4.61. The van der Waals surface area contributed by atoms with E-state index in [1.165, 1.54) is 11.1 Å². The fraction of sp³-hybridized carbons (Fsp3) is 0.625. The molecule has 0 saturated carbocycles. The van der Waals surface area contributed by atoms with Crippen LogP contribution in [0.2, 0.25) is 0 Å². The summed E-state index contributed by atoms with van der Waals surface area (Å²) in [6, 6.07) is 8.77. The van der Waals surface area contributed by atoms with Crippen molar-refractivity contribution in [3.8, 4) is 0 Å². The Morgan fingerprint density at radius 2 is 2.21 bits per heavy atom. The predicted molar refractivity (Wildman–Crippen MR) is 78.6 cm³/mol. The summed E-state index contributed by atoms with van der Waals surface area (Å²) in [5.41, 5.74) is 5.36. The summed E-state index contributed by atoms with van der Waals surface area (Å²) >= 11 is 0. The summed E-state index contributed by atoms with van der Waals surface area (Å²) in [6.07, 6.45) is 3.26. The van der Waals surface area contributed by atoms with Gasteiger partial charge in [0.1, 0.15) is 0 Å². The van der Waals surface area contributed by atoms with Crippen molar-refractivity contribution >= 4 is 0 Å². The second kappa shape index (κ2) is 6.04. The van der Waals surface area contributed by atoms with E-state index in [9.17, 15) is 0 Å². The van der Waals surface area contributed by atoms with Crippen LogP contribution in [0.1, 0.15) is 50.8 Å². The molecule has 0 bridgehead atoms. The zero-order valence-electron chi connectivity index (χ0n) is 12.3. The van der Waals surface area contributed by atoms with E-state index in [0.717, 1.165) is 25.9 Å². The Morgan fingerprint density at radius 3 is 2.79 bits per heavy atom. The first-order valence-corrected chi connectivity index (χ1v) is 7.24. The molecular weight excluding hydrogens is 236 g/mol. The van der Waals surface area contributed by atoms with Crippen LogP contribution in [-0.4, -0.2) is 12.2 Å². The summed E-state index contributed by atoms with van der Waals surface area (Å²) in [7, 11) is 0. The molecule has 106 valence electrons. The molecule has 1 heterocycles. The van der Waals surface area contributed by atoms with E-state index in [0.29, 0.717) is 5.92 Å².